The van der Waals surface area contributed by atoms with Crippen LogP contribution in [0.15, 0.2) is 18.2 Å². The second kappa shape index (κ2) is 5.27. The van der Waals surface area contributed by atoms with Gasteiger partial charge in [0.1, 0.15) is 11.4 Å². The summed E-state index contributed by atoms with van der Waals surface area (Å²) in [5.74, 6) is -1.25. The smallest absolute Gasteiger partial charge is 0.411 e. The zero-order chi connectivity index (χ0) is 15.8. The van der Waals surface area contributed by atoms with Crippen LogP contribution in [-0.4, -0.2) is 33.7 Å². The number of nitrogens with zero attached hydrogens (tertiary/aromatic N) is 1. The fourth-order valence-electron chi connectivity index (χ4n) is 2.29. The van der Waals surface area contributed by atoms with Crippen LogP contribution in [0.1, 0.15) is 31.9 Å². The fourth-order valence-corrected chi connectivity index (χ4v) is 2.29. The minimum atomic E-state index is -1.32. The number of aromatic hydroxyl groups is 1. The molecule has 1 heterocycles. The summed E-state index contributed by atoms with van der Waals surface area (Å²) in [6.45, 7) is 5.20. The maximum Gasteiger partial charge on any atom is 0.411 e. The lowest BCUT2D eigenvalue weighted by Gasteiger charge is -2.38. The van der Waals surface area contributed by atoms with Crippen LogP contribution in [0.3, 0.4) is 0 Å². The van der Waals surface area contributed by atoms with Crippen LogP contribution >= 0.6 is 0 Å². The first kappa shape index (κ1) is 15.2. The molecule has 0 saturated heterocycles. The molecule has 0 fully saturated rings. The third-order valence-corrected chi connectivity index (χ3v) is 3.22. The summed E-state index contributed by atoms with van der Waals surface area (Å²) in [5, 5.41) is 20.8. The van der Waals surface area contributed by atoms with Crippen LogP contribution in [0.5, 0.6) is 5.75 Å². The Bertz CT molecular complexity index is 576. The van der Waals surface area contributed by atoms with Crippen molar-refractivity contribution < 1.29 is 24.5 Å². The molecule has 0 unspecified atom stereocenters. The van der Waals surface area contributed by atoms with Crippen molar-refractivity contribution in [2.75, 3.05) is 0 Å². The van der Waals surface area contributed by atoms with Gasteiger partial charge in [0.15, 0.2) is 0 Å². The molecule has 1 aliphatic heterocycles. The van der Waals surface area contributed by atoms with Crippen molar-refractivity contribution in [3.63, 3.8) is 0 Å². The van der Waals surface area contributed by atoms with E-state index in [0.29, 0.717) is 5.56 Å². The maximum absolute atomic E-state index is 12.2. The number of benzene rings is 1. The van der Waals surface area contributed by atoms with E-state index in [1.54, 1.807) is 26.8 Å². The normalized spacial score (nSPS) is 18.0. The van der Waals surface area contributed by atoms with Gasteiger partial charge in [-0.15, -0.1) is 0 Å². The summed E-state index contributed by atoms with van der Waals surface area (Å²) < 4.78 is 5.24. The van der Waals surface area contributed by atoms with Crippen molar-refractivity contribution in [3.8, 4) is 5.75 Å². The first-order chi connectivity index (χ1) is 9.67. The van der Waals surface area contributed by atoms with Gasteiger partial charge in [0.2, 0.25) is 0 Å². The van der Waals surface area contributed by atoms with Gasteiger partial charge >= 0.3 is 6.09 Å². The summed E-state index contributed by atoms with van der Waals surface area (Å²) in [4.78, 5) is 24.6. The van der Waals surface area contributed by atoms with Crippen molar-refractivity contribution in [2.24, 2.45) is 0 Å². The Kier molecular flexibility index (Phi) is 3.80. The highest BCUT2D eigenvalue weighted by atomic mass is 16.6. The molecular weight excluding hydrogens is 274 g/mol. The molecule has 0 saturated carbocycles. The van der Waals surface area contributed by atoms with Gasteiger partial charge in [-0.05, 0) is 50.5 Å². The predicted octanol–water partition coefficient (Wildman–Crippen LogP) is 0.804. The lowest BCUT2D eigenvalue weighted by molar-refractivity contribution is -0.311. The van der Waals surface area contributed by atoms with Gasteiger partial charge in [-0.3, -0.25) is 4.90 Å². The molecule has 1 N–H and O–H groups in total. The van der Waals surface area contributed by atoms with Crippen molar-refractivity contribution in [3.05, 3.63) is 29.3 Å². The van der Waals surface area contributed by atoms with Gasteiger partial charge in [0, 0.05) is 0 Å². The number of fused-ring (bicyclic) bond motifs is 1. The molecular formula is C15H18NO5-. The average molecular weight is 292 g/mol. The van der Waals surface area contributed by atoms with Gasteiger partial charge < -0.3 is 19.7 Å². The van der Waals surface area contributed by atoms with Crippen LogP contribution in [0.25, 0.3) is 0 Å². The van der Waals surface area contributed by atoms with Gasteiger partial charge in [-0.2, -0.15) is 0 Å². The van der Waals surface area contributed by atoms with E-state index in [-0.39, 0.29) is 18.7 Å². The fraction of sp³-hybridized carbons (Fsp3) is 0.467. The zero-order valence-electron chi connectivity index (χ0n) is 12.3. The molecule has 1 atom stereocenters. The van der Waals surface area contributed by atoms with E-state index in [2.05, 4.69) is 0 Å². The van der Waals surface area contributed by atoms with E-state index in [1.807, 2.05) is 0 Å². The van der Waals surface area contributed by atoms with E-state index in [0.717, 1.165) is 10.5 Å². The number of carbonyl (C=O) groups is 2. The molecule has 1 aromatic carbocycles. The molecule has 0 aromatic heterocycles. The number of amides is 1. The molecule has 0 spiro atoms. The van der Waals surface area contributed by atoms with Crippen LogP contribution < -0.4 is 5.11 Å². The Morgan fingerprint density at radius 1 is 1.33 bits per heavy atom. The number of phenolic OH excluding ortho intramolecular Hbond substituents is 1. The Balaban J connectivity index is 2.30. The molecule has 1 aromatic rings. The summed E-state index contributed by atoms with van der Waals surface area (Å²) in [6, 6.07) is 3.61. The monoisotopic (exact) mass is 292 g/mol. The quantitative estimate of drug-likeness (QED) is 0.827. The molecule has 6 nitrogen and oxygen atoms in total. The number of rotatable bonds is 1. The van der Waals surface area contributed by atoms with Crippen LogP contribution in [-0.2, 0) is 22.5 Å². The van der Waals surface area contributed by atoms with Crippen LogP contribution in [0, 0.1) is 0 Å². The Hall–Kier alpha value is -2.24. The molecule has 1 aliphatic rings. The van der Waals surface area contributed by atoms with Crippen LogP contribution in [0.2, 0.25) is 0 Å². The van der Waals surface area contributed by atoms with Crippen LogP contribution in [0.4, 0.5) is 4.79 Å². The topological polar surface area (TPSA) is 89.9 Å². The number of hydrogen-bond acceptors (Lipinski definition) is 5. The van der Waals surface area contributed by atoms with E-state index in [9.17, 15) is 19.8 Å². The van der Waals surface area contributed by atoms with Gasteiger partial charge in [0.25, 0.3) is 0 Å². The average Bonchev–Trinajstić information content (AvgIpc) is 2.34. The SMILES string of the molecule is CC(C)(C)OC(=O)N1Cc2cc(O)ccc2C[C@@H]1C(=O)[O-]. The van der Waals surface area contributed by atoms with Crippen molar-refractivity contribution in [1.82, 2.24) is 4.90 Å². The number of aliphatic carboxylic acids is 1. The van der Waals surface area contributed by atoms with E-state index in [4.69, 9.17) is 4.74 Å². The van der Waals surface area contributed by atoms with Gasteiger partial charge in [-0.25, -0.2) is 4.79 Å². The third-order valence-electron chi connectivity index (χ3n) is 3.22. The minimum Gasteiger partial charge on any atom is -0.548 e. The highest BCUT2D eigenvalue weighted by molar-refractivity contribution is 5.80. The van der Waals surface area contributed by atoms with E-state index in [1.165, 1.54) is 12.1 Å². The molecule has 0 bridgehead atoms. The summed E-state index contributed by atoms with van der Waals surface area (Å²) in [5.41, 5.74) is 0.771. The zero-order valence-corrected chi connectivity index (χ0v) is 12.3. The Labute approximate surface area is 122 Å². The standard InChI is InChI=1S/C15H19NO5/c1-15(2,3)21-14(20)16-8-10-6-11(17)5-4-9(10)7-12(16)13(18)19/h4-6,12,17H,7-8H2,1-3H3,(H,18,19)/p-1/t12-/m1/s1. The number of carbonyl (C=O) groups excluding carboxylic acids is 2. The number of hydrogen-bond donors (Lipinski definition) is 1. The first-order valence-corrected chi connectivity index (χ1v) is 6.68. The third kappa shape index (κ3) is 3.45. The molecule has 114 valence electrons. The maximum atomic E-state index is 12.2. The summed E-state index contributed by atoms with van der Waals surface area (Å²) >= 11 is 0. The van der Waals surface area contributed by atoms with Crippen molar-refractivity contribution in [1.29, 1.82) is 0 Å². The summed E-state index contributed by atoms with van der Waals surface area (Å²) in [7, 11) is 0. The molecule has 0 radical (unpaired) electrons. The highest BCUT2D eigenvalue weighted by Gasteiger charge is 2.33. The lowest BCUT2D eigenvalue weighted by atomic mass is 9.94. The first-order valence-electron chi connectivity index (χ1n) is 6.68. The van der Waals surface area contributed by atoms with Crippen molar-refractivity contribution >= 4 is 12.1 Å². The second-order valence-corrected chi connectivity index (χ2v) is 6.10. The Morgan fingerprint density at radius 3 is 2.57 bits per heavy atom. The number of ether oxygens (including phenoxy) is 1. The largest absolute Gasteiger partial charge is 0.548 e. The number of carboxylic acid groups (broad SMARTS) is 1. The van der Waals surface area contributed by atoms with Gasteiger partial charge in [-0.1, -0.05) is 6.07 Å². The molecule has 0 aliphatic carbocycles. The summed E-state index contributed by atoms with van der Waals surface area (Å²) in [6.07, 6.45) is -0.567. The molecule has 6 heteroatoms. The molecule has 1 amide bonds. The van der Waals surface area contributed by atoms with Crippen molar-refractivity contribution in [2.45, 2.75) is 45.4 Å². The van der Waals surface area contributed by atoms with E-state index < -0.39 is 23.7 Å². The lowest BCUT2D eigenvalue weighted by Crippen LogP contribution is -2.54. The second-order valence-electron chi connectivity index (χ2n) is 6.10. The highest BCUT2D eigenvalue weighted by Crippen LogP contribution is 2.27. The molecule has 21 heavy (non-hydrogen) atoms. The number of phenols is 1. The molecule has 2 rings (SSSR count). The van der Waals surface area contributed by atoms with E-state index >= 15 is 0 Å². The van der Waals surface area contributed by atoms with Gasteiger partial charge in [0.05, 0.1) is 18.6 Å². The minimum absolute atomic E-state index is 0.0668. The predicted molar refractivity (Wildman–Crippen MR) is 72.4 cm³/mol. The number of carboxylic acids is 1. The Morgan fingerprint density at radius 2 is 2.00 bits per heavy atom.